The number of phenols is 1. The van der Waals surface area contributed by atoms with Crippen LogP contribution >= 0.6 is 0 Å². The number of hydrogen-bond acceptors (Lipinski definition) is 6. The first kappa shape index (κ1) is 23.6. The van der Waals surface area contributed by atoms with Gasteiger partial charge in [-0.3, -0.25) is 9.59 Å². The van der Waals surface area contributed by atoms with Gasteiger partial charge in [0.25, 0.3) is 0 Å². The Kier molecular flexibility index (Phi) is 6.55. The second-order valence-electron chi connectivity index (χ2n) is 8.20. The molecule has 0 unspecified atom stereocenters. The molecule has 6 aromatic rings. The summed E-state index contributed by atoms with van der Waals surface area (Å²) < 4.78 is 16.5. The van der Waals surface area contributed by atoms with E-state index in [1.165, 1.54) is 25.3 Å². The molecule has 4 aromatic carbocycles. The van der Waals surface area contributed by atoms with Gasteiger partial charge in [-0.05, 0) is 12.1 Å². The van der Waals surface area contributed by atoms with E-state index < -0.39 is 0 Å². The van der Waals surface area contributed by atoms with Crippen LogP contribution in [-0.2, 0) is 0 Å². The monoisotopic (exact) mass is 490 g/mol. The van der Waals surface area contributed by atoms with Gasteiger partial charge < -0.3 is 18.7 Å². The van der Waals surface area contributed by atoms with Crippen molar-refractivity contribution in [3.8, 4) is 34.1 Å². The van der Waals surface area contributed by atoms with Gasteiger partial charge in [-0.15, -0.1) is 0 Å². The minimum absolute atomic E-state index is 0.00861. The van der Waals surface area contributed by atoms with Gasteiger partial charge in [-0.25, -0.2) is 0 Å². The van der Waals surface area contributed by atoms with E-state index in [9.17, 15) is 14.7 Å². The van der Waals surface area contributed by atoms with Crippen LogP contribution in [0.4, 0.5) is 0 Å². The Labute approximate surface area is 211 Å². The van der Waals surface area contributed by atoms with Gasteiger partial charge in [-0.1, -0.05) is 72.8 Å². The van der Waals surface area contributed by atoms with Gasteiger partial charge in [-0.2, -0.15) is 0 Å². The number of para-hydroxylation sites is 1. The van der Waals surface area contributed by atoms with Crippen molar-refractivity contribution in [2.24, 2.45) is 0 Å². The molecule has 0 saturated carbocycles. The Morgan fingerprint density at radius 3 is 1.78 bits per heavy atom. The minimum Gasteiger partial charge on any atom is -0.507 e. The number of methoxy groups -OCH3 is 1. The number of phenolic OH excluding ortho intramolecular Hbond substituents is 1. The van der Waals surface area contributed by atoms with Crippen molar-refractivity contribution < 1.29 is 18.7 Å². The number of rotatable bonds is 3. The average Bonchev–Trinajstić information content (AvgIpc) is 2.94. The van der Waals surface area contributed by atoms with Gasteiger partial charge in [0.15, 0.2) is 10.9 Å². The molecule has 0 amide bonds. The van der Waals surface area contributed by atoms with Gasteiger partial charge in [0.2, 0.25) is 0 Å². The van der Waals surface area contributed by atoms with Crippen molar-refractivity contribution in [1.29, 1.82) is 0 Å². The van der Waals surface area contributed by atoms with Crippen LogP contribution in [0.25, 0.3) is 44.6 Å². The fourth-order valence-electron chi connectivity index (χ4n) is 3.95. The molecule has 1 N–H and O–H groups in total. The smallest absolute Gasteiger partial charge is 0.197 e. The molecule has 37 heavy (non-hydrogen) atoms. The predicted octanol–water partition coefficient (Wildman–Crippen LogP) is 6.63. The van der Waals surface area contributed by atoms with Crippen LogP contribution in [0.15, 0.2) is 128 Å². The van der Waals surface area contributed by atoms with Crippen LogP contribution in [0.5, 0.6) is 11.5 Å². The molecule has 0 atom stereocenters. The van der Waals surface area contributed by atoms with Crippen molar-refractivity contribution in [3.05, 3.63) is 130 Å². The quantitative estimate of drug-likeness (QED) is 0.299. The molecule has 0 aliphatic heterocycles. The second-order valence-corrected chi connectivity index (χ2v) is 8.20. The molecule has 6 rings (SSSR count). The Bertz CT molecular complexity index is 1800. The van der Waals surface area contributed by atoms with Crippen molar-refractivity contribution in [1.82, 2.24) is 0 Å². The van der Waals surface area contributed by atoms with Gasteiger partial charge in [0, 0.05) is 35.4 Å². The van der Waals surface area contributed by atoms with Crippen LogP contribution < -0.4 is 15.6 Å². The fraction of sp³-hybridized carbons (Fsp3) is 0.0323. The first-order chi connectivity index (χ1) is 18.0. The zero-order valence-electron chi connectivity index (χ0n) is 19.9. The van der Waals surface area contributed by atoms with Crippen LogP contribution in [0.3, 0.4) is 0 Å². The van der Waals surface area contributed by atoms with Crippen molar-refractivity contribution in [3.63, 3.8) is 0 Å². The topological polar surface area (TPSA) is 89.9 Å². The molecule has 0 spiro atoms. The van der Waals surface area contributed by atoms with E-state index in [2.05, 4.69) is 0 Å². The largest absolute Gasteiger partial charge is 0.507 e. The van der Waals surface area contributed by atoms with Crippen LogP contribution in [0.1, 0.15) is 0 Å². The van der Waals surface area contributed by atoms with E-state index in [4.69, 9.17) is 13.6 Å². The molecule has 0 aliphatic rings. The lowest BCUT2D eigenvalue weighted by Crippen LogP contribution is -2.01. The van der Waals surface area contributed by atoms with E-state index >= 15 is 0 Å². The average molecular weight is 491 g/mol. The van der Waals surface area contributed by atoms with Crippen LogP contribution in [0.2, 0.25) is 0 Å². The van der Waals surface area contributed by atoms with Gasteiger partial charge in [0.1, 0.15) is 39.6 Å². The molecule has 2 aromatic heterocycles. The summed E-state index contributed by atoms with van der Waals surface area (Å²) in [5.74, 6) is 1.35. The highest BCUT2D eigenvalue weighted by Crippen LogP contribution is 2.30. The molecular formula is C31H22O6. The lowest BCUT2D eigenvalue weighted by atomic mass is 10.1. The number of benzene rings is 4. The predicted molar refractivity (Wildman–Crippen MR) is 144 cm³/mol. The second kappa shape index (κ2) is 10.3. The highest BCUT2D eigenvalue weighted by atomic mass is 16.5. The molecular weight excluding hydrogens is 468 g/mol. The maximum Gasteiger partial charge on any atom is 0.197 e. The van der Waals surface area contributed by atoms with E-state index in [0.717, 1.165) is 11.1 Å². The van der Waals surface area contributed by atoms with Crippen LogP contribution in [-0.4, -0.2) is 12.2 Å². The molecule has 0 saturated heterocycles. The number of aromatic hydroxyl groups is 1. The standard InChI is InChI=1S/C16H12O4.C15H10O2/c1-19-11-7-12(17)16-13(18)9-14(20-15(16)8-11)10-5-3-2-4-6-10;16-13-10-15(11-6-2-1-3-7-11)17-14-9-5-4-8-12(13)14/h2-9,17H,1H3;1-10H. The molecule has 2 heterocycles. The van der Waals surface area contributed by atoms with E-state index in [0.29, 0.717) is 33.8 Å². The Morgan fingerprint density at radius 1 is 0.622 bits per heavy atom. The third-order valence-electron chi connectivity index (χ3n) is 5.77. The summed E-state index contributed by atoms with van der Waals surface area (Å²) in [4.78, 5) is 24.0. The summed E-state index contributed by atoms with van der Waals surface area (Å²) in [7, 11) is 1.49. The lowest BCUT2D eigenvalue weighted by Gasteiger charge is -2.06. The highest BCUT2D eigenvalue weighted by molar-refractivity contribution is 5.86. The third kappa shape index (κ3) is 4.99. The molecule has 0 radical (unpaired) electrons. The molecule has 182 valence electrons. The molecule has 0 fully saturated rings. The maximum absolute atomic E-state index is 12.1. The van der Waals surface area contributed by atoms with Gasteiger partial charge >= 0.3 is 0 Å². The summed E-state index contributed by atoms with van der Waals surface area (Å²) in [6.07, 6.45) is 0. The van der Waals surface area contributed by atoms with E-state index in [1.807, 2.05) is 78.9 Å². The van der Waals surface area contributed by atoms with Crippen molar-refractivity contribution in [2.75, 3.05) is 7.11 Å². The van der Waals surface area contributed by atoms with E-state index in [-0.39, 0.29) is 22.0 Å². The fourth-order valence-corrected chi connectivity index (χ4v) is 3.95. The van der Waals surface area contributed by atoms with Crippen LogP contribution in [0, 0.1) is 0 Å². The molecule has 6 heteroatoms. The summed E-state index contributed by atoms with van der Waals surface area (Å²) in [5, 5.41) is 10.7. The van der Waals surface area contributed by atoms with Gasteiger partial charge in [0.05, 0.1) is 12.5 Å². The summed E-state index contributed by atoms with van der Waals surface area (Å²) in [6, 6.07) is 32.1. The zero-order chi connectivity index (χ0) is 25.8. The first-order valence-corrected chi connectivity index (χ1v) is 11.5. The molecule has 0 bridgehead atoms. The van der Waals surface area contributed by atoms with Crippen molar-refractivity contribution in [2.45, 2.75) is 0 Å². The first-order valence-electron chi connectivity index (χ1n) is 11.5. The number of fused-ring (bicyclic) bond motifs is 2. The summed E-state index contributed by atoms with van der Waals surface area (Å²) in [6.45, 7) is 0. The highest BCUT2D eigenvalue weighted by Gasteiger charge is 2.12. The Hall–Kier alpha value is -5.10. The van der Waals surface area contributed by atoms with Crippen molar-refractivity contribution >= 4 is 21.9 Å². The third-order valence-corrected chi connectivity index (χ3v) is 5.77. The Balaban J connectivity index is 0.000000153. The maximum atomic E-state index is 12.1. The molecule has 6 nitrogen and oxygen atoms in total. The molecule has 0 aliphatic carbocycles. The lowest BCUT2D eigenvalue weighted by molar-refractivity contribution is 0.408. The number of ether oxygens (including phenoxy) is 1. The Morgan fingerprint density at radius 2 is 1.16 bits per heavy atom. The summed E-state index contributed by atoms with van der Waals surface area (Å²) >= 11 is 0. The number of hydrogen-bond donors (Lipinski definition) is 1. The normalized spacial score (nSPS) is 10.6. The SMILES string of the molecule is COc1cc(O)c2c(=O)cc(-c3ccccc3)oc2c1.O=c1cc(-c2ccccc2)oc2ccccc12. The summed E-state index contributed by atoms with van der Waals surface area (Å²) in [5.41, 5.74) is 2.34. The van der Waals surface area contributed by atoms with E-state index in [1.54, 1.807) is 12.1 Å². The zero-order valence-corrected chi connectivity index (χ0v) is 19.9. The minimum atomic E-state index is -0.287.